The average Bonchev–Trinajstić information content (AvgIpc) is 2.67. The van der Waals surface area contributed by atoms with E-state index in [9.17, 15) is 4.57 Å². The van der Waals surface area contributed by atoms with Crippen molar-refractivity contribution in [3.05, 3.63) is 0 Å². The zero-order chi connectivity index (χ0) is 12.8. The third-order valence-electron chi connectivity index (χ3n) is 1.69. The van der Waals surface area contributed by atoms with Crippen LogP contribution < -0.4 is 0 Å². The first kappa shape index (κ1) is 15.3. The van der Waals surface area contributed by atoms with Crippen LogP contribution in [0, 0.1) is 0 Å². The molecule has 1 aliphatic heterocycles. The molecule has 0 amide bonds. The largest absolute Gasteiger partial charge is 0.458 e. The second kappa shape index (κ2) is 7.00. The van der Waals surface area contributed by atoms with Gasteiger partial charge >= 0.3 is 15.5 Å². The fourth-order valence-corrected chi connectivity index (χ4v) is 5.20. The minimum Gasteiger partial charge on any atom is -0.303 e. The van der Waals surface area contributed by atoms with Gasteiger partial charge in [-0.2, -0.15) is 0 Å². The van der Waals surface area contributed by atoms with E-state index in [-0.39, 0.29) is 13.2 Å². The van der Waals surface area contributed by atoms with Crippen molar-refractivity contribution in [1.82, 2.24) is 0 Å². The van der Waals surface area contributed by atoms with E-state index in [0.717, 1.165) is 0 Å². The summed E-state index contributed by atoms with van der Waals surface area (Å²) in [4.78, 5) is 0. The molecule has 1 heterocycles. The highest BCUT2D eigenvalue weighted by molar-refractivity contribution is 7.63. The molecule has 1 aliphatic rings. The molecular weight excluding hydrogens is 268 g/mol. The van der Waals surface area contributed by atoms with Gasteiger partial charge in [0, 0.05) is 0 Å². The van der Waals surface area contributed by atoms with Crippen LogP contribution in [0.1, 0.15) is 20.8 Å². The first-order valence-corrected chi connectivity index (χ1v) is 8.55. The smallest absolute Gasteiger partial charge is 0.303 e. The van der Waals surface area contributed by atoms with Gasteiger partial charge in [0.1, 0.15) is 0 Å². The maximum absolute atomic E-state index is 12.2. The molecule has 0 radical (unpaired) electrons. The second-order valence-electron chi connectivity index (χ2n) is 2.95. The standard InChI is InChI=1S/C8H19NO6P2/c1-4-11-16(10,12-5-2)9-17(13-6-3)14-7-8-15-17/h4-8H2,1-3H3. The van der Waals surface area contributed by atoms with Crippen molar-refractivity contribution in [2.45, 2.75) is 20.8 Å². The van der Waals surface area contributed by atoms with Crippen LogP contribution in [0.4, 0.5) is 0 Å². The number of rotatable bonds is 7. The van der Waals surface area contributed by atoms with E-state index in [0.29, 0.717) is 19.8 Å². The molecule has 17 heavy (non-hydrogen) atoms. The Hall–Kier alpha value is 0.260. The number of hydrogen-bond donors (Lipinski definition) is 0. The Balaban J connectivity index is 2.96. The molecule has 0 bridgehead atoms. The maximum atomic E-state index is 12.2. The fourth-order valence-electron chi connectivity index (χ4n) is 1.21. The zero-order valence-corrected chi connectivity index (χ0v) is 12.1. The van der Waals surface area contributed by atoms with Crippen molar-refractivity contribution < 1.29 is 27.2 Å². The number of hydrogen-bond acceptors (Lipinski definition) is 6. The monoisotopic (exact) mass is 287 g/mol. The van der Waals surface area contributed by atoms with Crippen molar-refractivity contribution in [3.63, 3.8) is 0 Å². The summed E-state index contributed by atoms with van der Waals surface area (Å²) in [6, 6.07) is 0. The lowest BCUT2D eigenvalue weighted by Crippen LogP contribution is -1.96. The second-order valence-corrected chi connectivity index (χ2v) is 6.83. The molecule has 1 rings (SSSR count). The van der Waals surface area contributed by atoms with E-state index in [1.54, 1.807) is 20.8 Å². The van der Waals surface area contributed by atoms with Crippen molar-refractivity contribution in [2.24, 2.45) is 4.52 Å². The highest BCUT2D eigenvalue weighted by Crippen LogP contribution is 2.66. The van der Waals surface area contributed by atoms with Crippen LogP contribution in [0.5, 0.6) is 0 Å². The molecule has 0 saturated carbocycles. The van der Waals surface area contributed by atoms with Crippen LogP contribution in [-0.4, -0.2) is 33.0 Å². The average molecular weight is 287 g/mol. The van der Waals surface area contributed by atoms with Crippen LogP contribution in [0.25, 0.3) is 0 Å². The highest BCUT2D eigenvalue weighted by Gasteiger charge is 2.36. The summed E-state index contributed by atoms with van der Waals surface area (Å²) >= 11 is 0. The first-order chi connectivity index (χ1) is 8.10. The van der Waals surface area contributed by atoms with Crippen molar-refractivity contribution in [2.75, 3.05) is 33.0 Å². The van der Waals surface area contributed by atoms with Gasteiger partial charge in [-0.25, -0.2) is 4.57 Å². The molecule has 1 saturated heterocycles. The molecule has 1 fully saturated rings. The summed E-state index contributed by atoms with van der Waals surface area (Å²) in [6.07, 6.45) is 0. The molecule has 0 aromatic rings. The minimum absolute atomic E-state index is 0.229. The van der Waals surface area contributed by atoms with Crippen molar-refractivity contribution in [3.8, 4) is 0 Å². The SMILES string of the molecule is CCOP(=O)(N=P1(OCC)OCCO1)OCC. The lowest BCUT2D eigenvalue weighted by atomic mass is 10.8. The van der Waals surface area contributed by atoms with E-state index < -0.39 is 15.5 Å². The van der Waals surface area contributed by atoms with Gasteiger partial charge in [0.15, 0.2) is 0 Å². The van der Waals surface area contributed by atoms with E-state index in [1.807, 2.05) is 0 Å². The molecule has 9 heteroatoms. The Morgan fingerprint density at radius 3 is 2.06 bits per heavy atom. The lowest BCUT2D eigenvalue weighted by Gasteiger charge is -2.19. The Kier molecular flexibility index (Phi) is 6.31. The van der Waals surface area contributed by atoms with E-state index in [4.69, 9.17) is 22.6 Å². The fraction of sp³-hybridized carbons (Fsp3) is 1.00. The first-order valence-electron chi connectivity index (χ1n) is 5.56. The molecule has 0 spiro atoms. The van der Waals surface area contributed by atoms with Gasteiger partial charge in [0.25, 0.3) is 0 Å². The maximum Gasteiger partial charge on any atom is 0.458 e. The Bertz CT molecular complexity index is 314. The number of nitrogens with zero attached hydrogens (tertiary/aromatic N) is 1. The molecule has 0 atom stereocenters. The van der Waals surface area contributed by atoms with Gasteiger partial charge in [0.2, 0.25) is 0 Å². The Morgan fingerprint density at radius 2 is 1.65 bits per heavy atom. The summed E-state index contributed by atoms with van der Waals surface area (Å²) in [5, 5.41) is 0. The molecule has 0 N–H and O–H groups in total. The summed E-state index contributed by atoms with van der Waals surface area (Å²) in [5.41, 5.74) is 0. The molecule has 0 aliphatic carbocycles. The van der Waals surface area contributed by atoms with Gasteiger partial charge in [-0.05, 0) is 20.8 Å². The van der Waals surface area contributed by atoms with Gasteiger partial charge in [-0.3, -0.25) is 18.1 Å². The Labute approximate surface area is 102 Å². The summed E-state index contributed by atoms with van der Waals surface area (Å²) in [6.45, 7) is 6.77. The van der Waals surface area contributed by atoms with Crippen LogP contribution in [0.3, 0.4) is 0 Å². The topological polar surface area (TPSA) is 75.6 Å². The molecule has 0 aromatic carbocycles. The van der Waals surface area contributed by atoms with Gasteiger partial charge in [-0.1, -0.05) is 0 Å². The lowest BCUT2D eigenvalue weighted by molar-refractivity contribution is 0.214. The minimum atomic E-state index is -3.56. The third-order valence-corrected chi connectivity index (χ3v) is 6.21. The molecule has 0 aromatic heterocycles. The Morgan fingerprint density at radius 1 is 1.12 bits per heavy atom. The summed E-state index contributed by atoms with van der Waals surface area (Å²) in [7, 11) is -6.48. The van der Waals surface area contributed by atoms with E-state index in [1.165, 1.54) is 0 Å². The van der Waals surface area contributed by atoms with Crippen LogP contribution in [0.2, 0.25) is 0 Å². The predicted molar refractivity (Wildman–Crippen MR) is 63.7 cm³/mol. The van der Waals surface area contributed by atoms with Gasteiger partial charge < -0.3 is 4.52 Å². The molecule has 7 nitrogen and oxygen atoms in total. The molecule has 0 unspecified atom stereocenters. The van der Waals surface area contributed by atoms with E-state index >= 15 is 0 Å². The summed E-state index contributed by atoms with van der Waals surface area (Å²) in [5.74, 6) is 0. The normalized spacial score (nSPS) is 19.5. The third kappa shape index (κ3) is 4.45. The van der Waals surface area contributed by atoms with Gasteiger partial charge in [0.05, 0.1) is 33.0 Å². The van der Waals surface area contributed by atoms with Gasteiger partial charge in [-0.15, -0.1) is 4.52 Å². The van der Waals surface area contributed by atoms with Crippen LogP contribution >= 0.6 is 15.5 Å². The quantitative estimate of drug-likeness (QED) is 0.669. The van der Waals surface area contributed by atoms with E-state index in [2.05, 4.69) is 4.52 Å². The highest BCUT2D eigenvalue weighted by atomic mass is 31.2. The zero-order valence-electron chi connectivity index (χ0n) is 10.3. The summed E-state index contributed by atoms with van der Waals surface area (Å²) < 4.78 is 42.3. The predicted octanol–water partition coefficient (Wildman–Crippen LogP) is 3.20. The van der Waals surface area contributed by atoms with Crippen LogP contribution in [0.15, 0.2) is 4.52 Å². The van der Waals surface area contributed by atoms with Crippen molar-refractivity contribution in [1.29, 1.82) is 0 Å². The van der Waals surface area contributed by atoms with Crippen LogP contribution in [-0.2, 0) is 27.2 Å². The molecular formula is C8H19NO6P2. The molecule has 102 valence electrons. The van der Waals surface area contributed by atoms with Crippen molar-refractivity contribution >= 4 is 15.5 Å².